The molecule has 112 valence electrons. The molecule has 2 nitrogen and oxygen atoms in total. The molecule has 0 saturated heterocycles. The number of ether oxygens (including phenoxy) is 1. The fourth-order valence-corrected chi connectivity index (χ4v) is 2.42. The van der Waals surface area contributed by atoms with Crippen molar-refractivity contribution in [3.8, 4) is 5.75 Å². The van der Waals surface area contributed by atoms with Gasteiger partial charge in [0.05, 0.1) is 7.11 Å². The maximum Gasteiger partial charge on any atom is 0.123 e. The second kappa shape index (κ2) is 7.23. The molecule has 0 bridgehead atoms. The molecule has 0 fully saturated rings. The van der Waals surface area contributed by atoms with Gasteiger partial charge in [-0.2, -0.15) is 0 Å². The summed E-state index contributed by atoms with van der Waals surface area (Å²) in [6, 6.07) is 13.0. The molecule has 0 aliphatic rings. The van der Waals surface area contributed by atoms with Gasteiger partial charge in [0.2, 0.25) is 0 Å². The van der Waals surface area contributed by atoms with Crippen LogP contribution < -0.4 is 10.5 Å². The number of hydrogen-bond donors (Lipinski definition) is 1. The first-order valence-corrected chi connectivity index (χ1v) is 7.22. The quantitative estimate of drug-likeness (QED) is 0.880. The van der Waals surface area contributed by atoms with Crippen LogP contribution in [0.15, 0.2) is 42.5 Å². The highest BCUT2D eigenvalue weighted by Gasteiger charge is 2.08. The molecule has 0 spiro atoms. The Balaban J connectivity index is 1.87. The van der Waals surface area contributed by atoms with E-state index in [1.54, 1.807) is 13.2 Å². The second-order valence-corrected chi connectivity index (χ2v) is 5.42. The van der Waals surface area contributed by atoms with Gasteiger partial charge in [0.15, 0.2) is 0 Å². The average Bonchev–Trinajstić information content (AvgIpc) is 2.48. The summed E-state index contributed by atoms with van der Waals surface area (Å²) in [5.41, 5.74) is 9.54. The first kappa shape index (κ1) is 15.5. The number of rotatable bonds is 6. The van der Waals surface area contributed by atoms with Crippen molar-refractivity contribution in [2.75, 3.05) is 7.11 Å². The summed E-state index contributed by atoms with van der Waals surface area (Å²) in [6.07, 6.45) is 2.62. The molecular weight excluding hydrogens is 265 g/mol. The van der Waals surface area contributed by atoms with Crippen LogP contribution in [0.2, 0.25) is 0 Å². The first-order valence-electron chi connectivity index (χ1n) is 7.22. The molecule has 0 heterocycles. The van der Waals surface area contributed by atoms with Crippen molar-refractivity contribution < 1.29 is 9.13 Å². The third kappa shape index (κ3) is 4.57. The number of methoxy groups -OCH3 is 1. The SMILES string of the molecule is COc1ccc(CCC(N)Cc2ccc(F)cc2C)cc1. The molecule has 21 heavy (non-hydrogen) atoms. The van der Waals surface area contributed by atoms with E-state index in [0.717, 1.165) is 36.1 Å². The van der Waals surface area contributed by atoms with E-state index in [4.69, 9.17) is 10.5 Å². The number of benzene rings is 2. The highest BCUT2D eigenvalue weighted by Crippen LogP contribution is 2.16. The molecular formula is C18H22FNO. The summed E-state index contributed by atoms with van der Waals surface area (Å²) in [5, 5.41) is 0. The Bertz CT molecular complexity index is 580. The van der Waals surface area contributed by atoms with Crippen LogP contribution >= 0.6 is 0 Å². The van der Waals surface area contributed by atoms with Crippen LogP contribution in [0.25, 0.3) is 0 Å². The van der Waals surface area contributed by atoms with Crippen molar-refractivity contribution in [1.29, 1.82) is 0 Å². The largest absolute Gasteiger partial charge is 0.497 e. The summed E-state index contributed by atoms with van der Waals surface area (Å²) in [4.78, 5) is 0. The van der Waals surface area contributed by atoms with Crippen LogP contribution in [0.1, 0.15) is 23.1 Å². The van der Waals surface area contributed by atoms with Gasteiger partial charge >= 0.3 is 0 Å². The molecule has 0 radical (unpaired) electrons. The monoisotopic (exact) mass is 287 g/mol. The van der Waals surface area contributed by atoms with Crippen LogP contribution in [0, 0.1) is 12.7 Å². The zero-order valence-corrected chi connectivity index (χ0v) is 12.6. The van der Waals surface area contributed by atoms with Crippen molar-refractivity contribution in [2.45, 2.75) is 32.2 Å². The molecule has 0 aromatic heterocycles. The van der Waals surface area contributed by atoms with Crippen LogP contribution in [-0.4, -0.2) is 13.2 Å². The van der Waals surface area contributed by atoms with Crippen LogP contribution in [0.4, 0.5) is 4.39 Å². The fraction of sp³-hybridized carbons (Fsp3) is 0.333. The lowest BCUT2D eigenvalue weighted by Crippen LogP contribution is -2.24. The van der Waals surface area contributed by atoms with Gasteiger partial charge < -0.3 is 10.5 Å². The van der Waals surface area contributed by atoms with Gasteiger partial charge in [-0.15, -0.1) is 0 Å². The molecule has 0 aliphatic carbocycles. The number of hydrogen-bond acceptors (Lipinski definition) is 2. The highest BCUT2D eigenvalue weighted by molar-refractivity contribution is 5.28. The number of nitrogens with two attached hydrogens (primary N) is 1. The minimum Gasteiger partial charge on any atom is -0.497 e. The molecule has 2 aromatic rings. The summed E-state index contributed by atoms with van der Waals surface area (Å²) < 4.78 is 18.2. The van der Waals surface area contributed by atoms with Gasteiger partial charge in [0, 0.05) is 6.04 Å². The first-order chi connectivity index (χ1) is 10.1. The zero-order chi connectivity index (χ0) is 15.2. The normalized spacial score (nSPS) is 12.2. The van der Waals surface area contributed by atoms with Gasteiger partial charge in [-0.05, 0) is 67.1 Å². The Morgan fingerprint density at radius 1 is 1.14 bits per heavy atom. The third-order valence-corrected chi connectivity index (χ3v) is 3.75. The summed E-state index contributed by atoms with van der Waals surface area (Å²) in [6.45, 7) is 1.93. The minimum atomic E-state index is -0.192. The van der Waals surface area contributed by atoms with Gasteiger partial charge in [-0.1, -0.05) is 18.2 Å². The highest BCUT2D eigenvalue weighted by atomic mass is 19.1. The lowest BCUT2D eigenvalue weighted by molar-refractivity contribution is 0.414. The van der Waals surface area contributed by atoms with E-state index in [-0.39, 0.29) is 11.9 Å². The standard InChI is InChI=1S/C18H22FNO/c1-13-11-16(19)7-6-15(13)12-17(20)8-3-14-4-9-18(21-2)10-5-14/h4-7,9-11,17H,3,8,12,20H2,1-2H3. The number of aryl methyl sites for hydroxylation is 2. The van der Waals surface area contributed by atoms with Gasteiger partial charge in [0.1, 0.15) is 11.6 Å². The third-order valence-electron chi connectivity index (χ3n) is 3.75. The fourth-order valence-electron chi connectivity index (χ4n) is 2.42. The van der Waals surface area contributed by atoms with Crippen LogP contribution in [-0.2, 0) is 12.8 Å². The van der Waals surface area contributed by atoms with E-state index >= 15 is 0 Å². The zero-order valence-electron chi connectivity index (χ0n) is 12.6. The molecule has 0 saturated carbocycles. The van der Waals surface area contributed by atoms with Crippen molar-refractivity contribution >= 4 is 0 Å². The second-order valence-electron chi connectivity index (χ2n) is 5.42. The summed E-state index contributed by atoms with van der Waals surface area (Å²) >= 11 is 0. The Morgan fingerprint density at radius 2 is 1.86 bits per heavy atom. The molecule has 2 rings (SSSR count). The predicted molar refractivity (Wildman–Crippen MR) is 84.1 cm³/mol. The van der Waals surface area contributed by atoms with E-state index in [0.29, 0.717) is 0 Å². The van der Waals surface area contributed by atoms with Crippen LogP contribution in [0.5, 0.6) is 5.75 Å². The van der Waals surface area contributed by atoms with Crippen molar-refractivity contribution in [3.63, 3.8) is 0 Å². The lowest BCUT2D eigenvalue weighted by Gasteiger charge is -2.13. The topological polar surface area (TPSA) is 35.2 Å². The Hall–Kier alpha value is -1.87. The molecule has 0 amide bonds. The maximum atomic E-state index is 13.1. The Labute approximate surface area is 125 Å². The smallest absolute Gasteiger partial charge is 0.123 e. The molecule has 1 atom stereocenters. The van der Waals surface area contributed by atoms with Crippen LogP contribution in [0.3, 0.4) is 0 Å². The summed E-state index contributed by atoms with van der Waals surface area (Å²) in [5.74, 6) is 0.674. The van der Waals surface area contributed by atoms with E-state index in [9.17, 15) is 4.39 Å². The van der Waals surface area contributed by atoms with E-state index in [2.05, 4.69) is 12.1 Å². The maximum absolute atomic E-state index is 13.1. The van der Waals surface area contributed by atoms with Crippen molar-refractivity contribution in [2.24, 2.45) is 5.73 Å². The molecule has 2 N–H and O–H groups in total. The molecule has 3 heteroatoms. The minimum absolute atomic E-state index is 0.0799. The van der Waals surface area contributed by atoms with Gasteiger partial charge in [-0.3, -0.25) is 0 Å². The van der Waals surface area contributed by atoms with Gasteiger partial charge in [-0.25, -0.2) is 4.39 Å². The Morgan fingerprint density at radius 3 is 2.48 bits per heavy atom. The molecule has 1 unspecified atom stereocenters. The average molecular weight is 287 g/mol. The van der Waals surface area contributed by atoms with E-state index in [1.165, 1.54) is 11.6 Å². The van der Waals surface area contributed by atoms with E-state index in [1.807, 2.05) is 25.1 Å². The molecule has 0 aliphatic heterocycles. The molecule has 2 aromatic carbocycles. The van der Waals surface area contributed by atoms with Crippen molar-refractivity contribution in [1.82, 2.24) is 0 Å². The van der Waals surface area contributed by atoms with Crippen molar-refractivity contribution in [3.05, 3.63) is 65.0 Å². The predicted octanol–water partition coefficient (Wildman–Crippen LogP) is 3.65. The summed E-state index contributed by atoms with van der Waals surface area (Å²) in [7, 11) is 1.66. The van der Waals surface area contributed by atoms with Gasteiger partial charge in [0.25, 0.3) is 0 Å². The number of halogens is 1. The lowest BCUT2D eigenvalue weighted by atomic mass is 9.97. The Kier molecular flexibility index (Phi) is 5.34. The van der Waals surface area contributed by atoms with E-state index < -0.39 is 0 Å².